The van der Waals surface area contributed by atoms with Crippen LogP contribution < -0.4 is 109 Å². The zero-order chi connectivity index (χ0) is 94.2. The van der Waals surface area contributed by atoms with Gasteiger partial charge in [-0.15, -0.1) is 0 Å². The molecule has 0 radical (unpaired) electrons. The number of carbonyl (C=O) groups is 19. The smallest absolute Gasteiger partial charge is 0.328 e. The molecule has 0 fully saturated rings. The van der Waals surface area contributed by atoms with Gasteiger partial charge < -0.3 is 134 Å². The van der Waals surface area contributed by atoms with Gasteiger partial charge in [-0.2, -0.15) is 11.8 Å². The van der Waals surface area contributed by atoms with Crippen molar-refractivity contribution in [3.63, 3.8) is 0 Å². The van der Waals surface area contributed by atoms with Crippen LogP contribution in [0.1, 0.15) is 199 Å². The average molecular weight is 1770 g/mol. The average Bonchev–Trinajstić information content (AvgIpc) is 0.856. The number of aliphatic imine (C=N–C) groups is 1. The summed E-state index contributed by atoms with van der Waals surface area (Å²) in [6.07, 6.45) is -3.46. The van der Waals surface area contributed by atoms with E-state index < -0.39 is 267 Å². The number of aliphatic hydroxyl groups excluding tert-OH is 2. The largest absolute Gasteiger partial charge is 0.481 e. The Labute approximate surface area is 720 Å². The fourth-order valence-electron chi connectivity index (χ4n) is 12.3. The van der Waals surface area contributed by atoms with Crippen molar-refractivity contribution in [2.45, 2.75) is 289 Å². The number of hydrogen-bond acceptors (Lipinski definition) is 25. The summed E-state index contributed by atoms with van der Waals surface area (Å²) in [5.41, 5.74) is 34.0. The summed E-state index contributed by atoms with van der Waals surface area (Å²) in [5, 5.41) is 83.1. The van der Waals surface area contributed by atoms with Gasteiger partial charge >= 0.3 is 17.9 Å². The van der Waals surface area contributed by atoms with Crippen molar-refractivity contribution in [2.75, 3.05) is 38.3 Å². The van der Waals surface area contributed by atoms with Crippen LogP contribution in [-0.4, -0.2) is 273 Å². The van der Waals surface area contributed by atoms with Gasteiger partial charge in [0.1, 0.15) is 84.6 Å². The first-order chi connectivity index (χ1) is 57.4. The highest BCUT2D eigenvalue weighted by atomic mass is 32.2. The van der Waals surface area contributed by atoms with E-state index >= 15 is 0 Å². The number of nitrogens with zero attached hydrogens (tertiary/aromatic N) is 1. The summed E-state index contributed by atoms with van der Waals surface area (Å²) in [4.78, 5) is 263. The Morgan fingerprint density at radius 1 is 0.309 bits per heavy atom. The van der Waals surface area contributed by atoms with Gasteiger partial charge in [-0.25, -0.2) is 4.79 Å². The highest BCUT2D eigenvalue weighted by molar-refractivity contribution is 7.98. The molecule has 0 aliphatic heterocycles. The number of thioether (sulfide) groups is 1. The predicted molar refractivity (Wildman–Crippen MR) is 451 cm³/mol. The van der Waals surface area contributed by atoms with Crippen molar-refractivity contribution in [3.8, 4) is 0 Å². The third kappa shape index (κ3) is 47.6. The second-order valence-electron chi connectivity index (χ2n) is 32.7. The molecule has 0 aliphatic rings. The van der Waals surface area contributed by atoms with Crippen LogP contribution in [0.25, 0.3) is 0 Å². The molecule has 0 bridgehead atoms. The van der Waals surface area contributed by atoms with Crippen molar-refractivity contribution >= 4 is 130 Å². The van der Waals surface area contributed by atoms with E-state index in [1.807, 2.05) is 27.7 Å². The van der Waals surface area contributed by atoms with E-state index in [1.54, 1.807) is 61.6 Å². The van der Waals surface area contributed by atoms with Gasteiger partial charge in [0, 0.05) is 19.4 Å². The maximum absolute atomic E-state index is 14.6. The van der Waals surface area contributed by atoms with Crippen LogP contribution in [0.3, 0.4) is 0 Å². The lowest BCUT2D eigenvalue weighted by atomic mass is 9.98. The first-order valence-corrected chi connectivity index (χ1v) is 42.5. The Hall–Kier alpha value is -10.6. The highest BCUT2D eigenvalue weighted by Crippen LogP contribution is 2.17. The number of primary amides is 2. The molecule has 15 atom stereocenters. The van der Waals surface area contributed by atoms with E-state index in [1.165, 1.54) is 11.8 Å². The van der Waals surface area contributed by atoms with Gasteiger partial charge in [0.15, 0.2) is 5.96 Å². The standard InChI is InChI=1S/C77H137N21O24S/c1-37(2)27-43(79)62(107)90-49(28-38(3)4)69(114)93-52(31-41(9)10)70(115)94-53(32-42(11)12)72(117)96-55(34-61(105)106)74(119)85-45(18-16-25-84-77(82)83)64(109)91-51(30-40(7)8)71(116)95-54(33-59(81)102)73(118)87-46(19-21-58(80)101)65(110)92-50(29-39(5)6)68(113)88-47(20-22-60(103)104)66(111)97-56(35-99)75(120)86-44(17-14-15-24-78)63(108)89-48(23-26-123-13)67(112)98-57(36-100)76(121)122/h37-57,99-100H,14-36,78-79H2,1-13H3,(H2,80,101)(H2,81,102)(H,85,119)(H,86,120)(H,87,118)(H,88,113)(H,89,108)(H,90,107)(H,91,109)(H,92,110)(H,93,114)(H,94,115)(H,95,116)(H,96,117)(H,97,111)(H,98,112)(H,103,104)(H,105,106)(H,121,122)(H4,82,83,84)/t43-,44-,45-,46-,47-,48-,49-,50-,51-,52-,53-,54-,55-,56-,57-/m0/s1. The van der Waals surface area contributed by atoms with Crippen molar-refractivity contribution in [3.05, 3.63) is 0 Å². The summed E-state index contributed by atoms with van der Waals surface area (Å²) >= 11 is 1.27. The number of unbranched alkanes of at least 4 members (excludes halogenated alkanes) is 1. The van der Waals surface area contributed by atoms with Crippen LogP contribution in [0.15, 0.2) is 4.99 Å². The number of guanidine groups is 1. The Bertz CT molecular complexity index is 3550. The number of aliphatic carboxylic acids is 3. The summed E-state index contributed by atoms with van der Waals surface area (Å²) in [6, 6.07) is -24.3. The van der Waals surface area contributed by atoms with Crippen LogP contribution in [0, 0.1) is 35.5 Å². The van der Waals surface area contributed by atoms with Crippen LogP contribution >= 0.6 is 11.8 Å². The normalized spacial score (nSPS) is 15.0. The first kappa shape index (κ1) is 112. The molecule has 31 N–H and O–H groups in total. The highest BCUT2D eigenvalue weighted by Gasteiger charge is 2.40. The second-order valence-corrected chi connectivity index (χ2v) is 33.6. The summed E-state index contributed by atoms with van der Waals surface area (Å²) in [7, 11) is 0. The van der Waals surface area contributed by atoms with Gasteiger partial charge in [-0.1, -0.05) is 83.1 Å². The minimum absolute atomic E-state index is 0.0354. The van der Waals surface area contributed by atoms with Crippen molar-refractivity contribution in [1.29, 1.82) is 0 Å². The van der Waals surface area contributed by atoms with E-state index in [0.29, 0.717) is 12.8 Å². The number of rotatable bonds is 64. The topological polar surface area (TPSA) is 762 Å². The molecule has 0 unspecified atom stereocenters. The van der Waals surface area contributed by atoms with Gasteiger partial charge in [0.2, 0.25) is 94.5 Å². The van der Waals surface area contributed by atoms with E-state index in [0.717, 1.165) is 0 Å². The molecule has 0 aliphatic carbocycles. The molecule has 0 aromatic heterocycles. The maximum atomic E-state index is 14.6. The number of nitrogens with two attached hydrogens (primary N) is 6. The summed E-state index contributed by atoms with van der Waals surface area (Å²) in [6.45, 7) is 18.6. The molecule has 123 heavy (non-hydrogen) atoms. The van der Waals surface area contributed by atoms with E-state index in [9.17, 15) is 117 Å². The van der Waals surface area contributed by atoms with Crippen LogP contribution in [-0.2, 0) is 91.1 Å². The molecule has 0 saturated carbocycles. The molecule has 700 valence electrons. The fraction of sp³-hybridized carbons (Fsp3) is 0.740. The Morgan fingerprint density at radius 2 is 0.585 bits per heavy atom. The molecule has 16 amide bonds. The zero-order valence-electron chi connectivity index (χ0n) is 72.7. The number of nitrogens with one attached hydrogen (secondary N) is 14. The maximum Gasteiger partial charge on any atom is 0.328 e. The Balaban J connectivity index is 7.43. The third-order valence-corrected chi connectivity index (χ3v) is 19.1. The van der Waals surface area contributed by atoms with Crippen LogP contribution in [0.5, 0.6) is 0 Å². The van der Waals surface area contributed by atoms with Gasteiger partial charge in [-0.05, 0) is 144 Å². The van der Waals surface area contributed by atoms with E-state index in [2.05, 4.69) is 79.4 Å². The lowest BCUT2D eigenvalue weighted by Gasteiger charge is -2.29. The molecule has 46 heteroatoms. The van der Waals surface area contributed by atoms with Crippen LogP contribution in [0.2, 0.25) is 0 Å². The van der Waals surface area contributed by atoms with E-state index in [4.69, 9.17) is 34.4 Å². The predicted octanol–water partition coefficient (Wildman–Crippen LogP) is -6.14. The van der Waals surface area contributed by atoms with Crippen molar-refractivity contribution < 1.29 is 117 Å². The molecule has 45 nitrogen and oxygen atoms in total. The number of carboxylic acid groups (broad SMARTS) is 3. The van der Waals surface area contributed by atoms with Gasteiger partial charge in [0.25, 0.3) is 0 Å². The molecular formula is C77H137N21O24S. The van der Waals surface area contributed by atoms with Gasteiger partial charge in [-0.3, -0.25) is 91.3 Å². The number of amides is 16. The monoisotopic (exact) mass is 1770 g/mol. The molecule has 0 spiro atoms. The van der Waals surface area contributed by atoms with Crippen molar-refractivity contribution in [2.24, 2.45) is 74.9 Å². The Kier molecular flexibility index (Phi) is 54.1. The number of aliphatic hydroxyl groups is 2. The minimum atomic E-state index is -2.02. The summed E-state index contributed by atoms with van der Waals surface area (Å²) < 4.78 is 0. The zero-order valence-corrected chi connectivity index (χ0v) is 73.5. The lowest BCUT2D eigenvalue weighted by Crippen LogP contribution is -2.61. The van der Waals surface area contributed by atoms with E-state index in [-0.39, 0.29) is 113 Å². The molecule has 0 aromatic carbocycles. The SMILES string of the molecule is CSCC[C@H](NC(=O)[C@H](CCCCN)NC(=O)[C@H](CO)NC(=O)[C@H](CCC(=O)O)NC(=O)[C@H](CC(C)C)NC(=O)[C@H](CCC(N)=O)NC(=O)[C@H](CC(N)=O)NC(=O)[C@H](CC(C)C)NC(=O)[C@H](CCCN=C(N)N)NC(=O)[C@H](CC(=O)O)NC(=O)[C@H](CC(C)C)NC(=O)[C@H](CC(C)C)NC(=O)[C@H](CC(C)C)NC(=O)[C@@H](N)CC(C)C)C(=O)N[C@@H](CO)C(=O)O. The summed E-state index contributed by atoms with van der Waals surface area (Å²) in [5.74, 6) is -23.6. The number of carboxylic acids is 3. The Morgan fingerprint density at radius 3 is 0.886 bits per heavy atom. The fourth-order valence-corrected chi connectivity index (χ4v) is 12.7. The molecular weight excluding hydrogens is 1640 g/mol. The minimum Gasteiger partial charge on any atom is -0.481 e. The molecule has 0 aromatic rings. The lowest BCUT2D eigenvalue weighted by molar-refractivity contribution is -0.143. The van der Waals surface area contributed by atoms with Gasteiger partial charge in [0.05, 0.1) is 32.1 Å². The third-order valence-electron chi connectivity index (χ3n) is 18.4. The molecule has 0 heterocycles. The first-order valence-electron chi connectivity index (χ1n) is 41.1. The molecule has 0 rings (SSSR count). The number of hydrogen-bond donors (Lipinski definition) is 25. The molecule has 0 saturated heterocycles. The quantitative estimate of drug-likeness (QED) is 0.0153. The van der Waals surface area contributed by atoms with Crippen LogP contribution in [0.4, 0.5) is 0 Å². The number of carbonyl (C=O) groups excluding carboxylic acids is 16. The van der Waals surface area contributed by atoms with Crippen molar-refractivity contribution in [1.82, 2.24) is 74.4 Å². The second kappa shape index (κ2) is 59.2.